The van der Waals surface area contributed by atoms with E-state index in [1.165, 1.54) is 29.2 Å². The first kappa shape index (κ1) is 24.9. The SMILES string of the molecule is CC(C)(C)OC(=O)N(c1cc(F)cc2c1cc(I)n2S(=O)(=O)c1ccccc1)C1CCOCC1. The summed E-state index contributed by atoms with van der Waals surface area (Å²) in [6, 6.07) is 11.8. The van der Waals surface area contributed by atoms with Gasteiger partial charge in [0.25, 0.3) is 10.0 Å². The van der Waals surface area contributed by atoms with Crippen LogP contribution in [-0.2, 0) is 19.5 Å². The molecule has 0 aliphatic carbocycles. The van der Waals surface area contributed by atoms with Crippen molar-refractivity contribution < 1.29 is 27.1 Å². The normalized spacial score (nSPS) is 15.4. The molecule has 3 aromatic rings. The van der Waals surface area contributed by atoms with Crippen LogP contribution in [0.3, 0.4) is 0 Å². The minimum Gasteiger partial charge on any atom is -0.443 e. The molecule has 2 heterocycles. The van der Waals surface area contributed by atoms with Gasteiger partial charge in [-0.1, -0.05) is 18.2 Å². The van der Waals surface area contributed by atoms with Gasteiger partial charge in [0.2, 0.25) is 0 Å². The standard InChI is InChI=1S/C24H26FIN2O5S/c1-24(2,3)33-23(29)27(17-9-11-32-12-10-17)20-13-16(25)14-21-19(20)15-22(26)28(21)34(30,31)18-7-5-4-6-8-18/h4-8,13-15,17H,9-12H2,1-3H3. The largest absolute Gasteiger partial charge is 0.443 e. The van der Waals surface area contributed by atoms with Gasteiger partial charge in [-0.2, -0.15) is 0 Å². The van der Waals surface area contributed by atoms with E-state index in [0.29, 0.717) is 35.1 Å². The lowest BCUT2D eigenvalue weighted by Crippen LogP contribution is -2.46. The highest BCUT2D eigenvalue weighted by atomic mass is 127. The molecule has 0 N–H and O–H groups in total. The first-order valence-corrected chi connectivity index (χ1v) is 13.4. The summed E-state index contributed by atoms with van der Waals surface area (Å²) in [7, 11) is -4.00. The Balaban J connectivity index is 1.93. The van der Waals surface area contributed by atoms with Crippen molar-refractivity contribution in [1.82, 2.24) is 3.97 Å². The van der Waals surface area contributed by atoms with E-state index in [-0.39, 0.29) is 22.1 Å². The Hall–Kier alpha value is -2.18. The fourth-order valence-corrected chi connectivity index (χ4v) is 6.79. The van der Waals surface area contributed by atoms with Crippen molar-refractivity contribution in [3.63, 3.8) is 0 Å². The van der Waals surface area contributed by atoms with Crippen molar-refractivity contribution in [3.05, 3.63) is 58.0 Å². The molecular formula is C24H26FIN2O5S. The smallest absolute Gasteiger partial charge is 0.415 e. The molecule has 4 rings (SSSR count). The fraction of sp³-hybridized carbons (Fsp3) is 0.375. The third-order valence-corrected chi connectivity index (χ3v) is 8.33. The molecule has 2 aromatic carbocycles. The van der Waals surface area contributed by atoms with Crippen LogP contribution in [0, 0.1) is 9.52 Å². The summed E-state index contributed by atoms with van der Waals surface area (Å²) in [6.07, 6.45) is 0.495. The lowest BCUT2D eigenvalue weighted by molar-refractivity contribution is 0.0487. The number of anilines is 1. The number of carbonyl (C=O) groups excluding carboxylic acids is 1. The van der Waals surface area contributed by atoms with Crippen molar-refractivity contribution in [2.24, 2.45) is 0 Å². The van der Waals surface area contributed by atoms with Crippen LogP contribution in [0.15, 0.2) is 53.4 Å². The number of halogens is 2. The lowest BCUT2D eigenvalue weighted by atomic mass is 10.1. The molecule has 10 heteroatoms. The molecule has 1 aromatic heterocycles. The van der Waals surface area contributed by atoms with E-state index in [9.17, 15) is 17.6 Å². The van der Waals surface area contributed by atoms with Crippen LogP contribution in [-0.4, -0.2) is 43.3 Å². The van der Waals surface area contributed by atoms with Gasteiger partial charge in [-0.25, -0.2) is 21.6 Å². The molecule has 182 valence electrons. The maximum atomic E-state index is 15.0. The van der Waals surface area contributed by atoms with Gasteiger partial charge in [-0.3, -0.25) is 4.90 Å². The first-order chi connectivity index (χ1) is 16.0. The van der Waals surface area contributed by atoms with Crippen molar-refractivity contribution in [3.8, 4) is 0 Å². The quantitative estimate of drug-likeness (QED) is 0.368. The second-order valence-electron chi connectivity index (χ2n) is 9.10. The average molecular weight is 600 g/mol. The molecule has 0 spiro atoms. The van der Waals surface area contributed by atoms with Gasteiger partial charge < -0.3 is 9.47 Å². The highest BCUT2D eigenvalue weighted by molar-refractivity contribution is 14.1. The average Bonchev–Trinajstić information content (AvgIpc) is 3.10. The minimum absolute atomic E-state index is 0.0876. The van der Waals surface area contributed by atoms with E-state index in [2.05, 4.69) is 0 Å². The van der Waals surface area contributed by atoms with Gasteiger partial charge in [0.15, 0.2) is 0 Å². The molecule has 0 atom stereocenters. The second-order valence-corrected chi connectivity index (χ2v) is 12.0. The number of ether oxygens (including phenoxy) is 2. The van der Waals surface area contributed by atoms with Crippen LogP contribution < -0.4 is 4.90 Å². The van der Waals surface area contributed by atoms with E-state index >= 15 is 0 Å². The second kappa shape index (κ2) is 9.46. The Morgan fingerprint density at radius 1 is 1.15 bits per heavy atom. The van der Waals surface area contributed by atoms with Crippen molar-refractivity contribution in [2.45, 2.75) is 50.2 Å². The highest BCUT2D eigenvalue weighted by Crippen LogP contribution is 2.37. The van der Waals surface area contributed by atoms with Gasteiger partial charge in [-0.15, -0.1) is 0 Å². The molecule has 1 saturated heterocycles. The fourth-order valence-electron chi connectivity index (χ4n) is 4.04. The van der Waals surface area contributed by atoms with Crippen LogP contribution in [0.1, 0.15) is 33.6 Å². The van der Waals surface area contributed by atoms with Gasteiger partial charge in [0, 0.05) is 24.6 Å². The lowest BCUT2D eigenvalue weighted by Gasteiger charge is -2.35. The molecule has 0 radical (unpaired) electrons. The first-order valence-electron chi connectivity index (χ1n) is 10.9. The van der Waals surface area contributed by atoms with Crippen molar-refractivity contribution in [1.29, 1.82) is 0 Å². The molecule has 34 heavy (non-hydrogen) atoms. The number of nitrogens with zero attached hydrogens (tertiary/aromatic N) is 2. The predicted molar refractivity (Wildman–Crippen MR) is 136 cm³/mol. The molecule has 1 fully saturated rings. The summed E-state index contributed by atoms with van der Waals surface area (Å²) in [5.41, 5.74) is -0.329. The summed E-state index contributed by atoms with van der Waals surface area (Å²) < 4.78 is 54.5. The van der Waals surface area contributed by atoms with Crippen LogP contribution in [0.2, 0.25) is 0 Å². The zero-order valence-corrected chi connectivity index (χ0v) is 22.1. The zero-order chi connectivity index (χ0) is 24.7. The predicted octanol–water partition coefficient (Wildman–Crippen LogP) is 5.54. The molecule has 1 aliphatic rings. The summed E-state index contributed by atoms with van der Waals surface area (Å²) >= 11 is 1.92. The van der Waals surface area contributed by atoms with Gasteiger partial charge in [0.1, 0.15) is 11.4 Å². The van der Waals surface area contributed by atoms with E-state index < -0.39 is 27.5 Å². The Labute approximate surface area is 212 Å². The molecule has 0 unspecified atom stereocenters. The molecule has 0 saturated carbocycles. The number of amides is 1. The minimum atomic E-state index is -4.00. The van der Waals surface area contributed by atoms with Gasteiger partial charge >= 0.3 is 6.09 Å². The van der Waals surface area contributed by atoms with Crippen LogP contribution in [0.5, 0.6) is 0 Å². The summed E-state index contributed by atoms with van der Waals surface area (Å²) in [5, 5.41) is 0.447. The Morgan fingerprint density at radius 2 is 1.79 bits per heavy atom. The Morgan fingerprint density at radius 3 is 2.41 bits per heavy atom. The number of benzene rings is 2. The van der Waals surface area contributed by atoms with Crippen molar-refractivity contribution >= 4 is 55.3 Å². The Bertz CT molecular complexity index is 1310. The zero-order valence-electron chi connectivity index (χ0n) is 19.1. The van der Waals surface area contributed by atoms with E-state index in [0.717, 1.165) is 3.97 Å². The number of rotatable bonds is 4. The maximum absolute atomic E-state index is 15.0. The number of aromatic nitrogens is 1. The maximum Gasteiger partial charge on any atom is 0.415 e. The Kier molecular flexibility index (Phi) is 6.94. The van der Waals surface area contributed by atoms with Crippen LogP contribution in [0.4, 0.5) is 14.9 Å². The highest BCUT2D eigenvalue weighted by Gasteiger charge is 2.34. The number of hydrogen-bond acceptors (Lipinski definition) is 5. The van der Waals surface area contributed by atoms with Gasteiger partial charge in [-0.05, 0) is 86.5 Å². The number of hydrogen-bond donors (Lipinski definition) is 0. The van der Waals surface area contributed by atoms with Crippen molar-refractivity contribution in [2.75, 3.05) is 18.1 Å². The molecule has 0 bridgehead atoms. The molecule has 1 amide bonds. The topological polar surface area (TPSA) is 77.8 Å². The summed E-state index contributed by atoms with van der Waals surface area (Å²) in [6.45, 7) is 6.22. The van der Waals surface area contributed by atoms with E-state index in [1.54, 1.807) is 45.0 Å². The van der Waals surface area contributed by atoms with Crippen LogP contribution >= 0.6 is 22.6 Å². The van der Waals surface area contributed by atoms with E-state index in [1.807, 2.05) is 22.6 Å². The van der Waals surface area contributed by atoms with Gasteiger partial charge in [0.05, 0.1) is 19.8 Å². The summed E-state index contributed by atoms with van der Waals surface area (Å²) in [4.78, 5) is 14.9. The number of carbonyl (C=O) groups is 1. The van der Waals surface area contributed by atoms with E-state index in [4.69, 9.17) is 9.47 Å². The monoisotopic (exact) mass is 600 g/mol. The van der Waals surface area contributed by atoms with Crippen LogP contribution in [0.25, 0.3) is 10.9 Å². The molecule has 1 aliphatic heterocycles. The third-order valence-electron chi connectivity index (χ3n) is 5.46. The molecular weight excluding hydrogens is 574 g/mol. The third kappa shape index (κ3) is 4.94. The number of fused-ring (bicyclic) bond motifs is 1. The summed E-state index contributed by atoms with van der Waals surface area (Å²) in [5.74, 6) is -0.651. The molecule has 7 nitrogen and oxygen atoms in total.